The van der Waals surface area contributed by atoms with Crippen LogP contribution in [0.25, 0.3) is 0 Å². The lowest BCUT2D eigenvalue weighted by molar-refractivity contribution is -0.143. The van der Waals surface area contributed by atoms with E-state index in [4.69, 9.17) is 9.47 Å². The molecule has 0 radical (unpaired) electrons. The molecule has 24 heavy (non-hydrogen) atoms. The Labute approximate surface area is 137 Å². The second-order valence-corrected chi connectivity index (χ2v) is 4.95. The maximum atomic E-state index is 12.8. The Hall–Kier alpha value is -2.90. The molecule has 0 fully saturated rings. The van der Waals surface area contributed by atoms with Gasteiger partial charge in [0, 0.05) is 0 Å². The Balaban J connectivity index is 1.98. The van der Waals surface area contributed by atoms with Crippen molar-refractivity contribution in [2.24, 2.45) is 0 Å². The first kappa shape index (κ1) is 17.5. The number of esters is 2. The van der Waals surface area contributed by atoms with Gasteiger partial charge < -0.3 is 20.1 Å². The van der Waals surface area contributed by atoms with Crippen LogP contribution < -0.4 is 10.6 Å². The quantitative estimate of drug-likeness (QED) is 0.757. The monoisotopic (exact) mass is 336 g/mol. The lowest BCUT2D eigenvalue weighted by atomic mass is 10.1. The number of carbonyl (C=O) groups is 3. The van der Waals surface area contributed by atoms with Crippen molar-refractivity contribution in [3.63, 3.8) is 0 Å². The number of carbonyl (C=O) groups excluding carboxylic acids is 3. The molecule has 7 nitrogen and oxygen atoms in total. The van der Waals surface area contributed by atoms with Gasteiger partial charge in [0.1, 0.15) is 12.4 Å². The van der Waals surface area contributed by atoms with Crippen LogP contribution in [0.4, 0.5) is 9.18 Å². The third-order valence-corrected chi connectivity index (χ3v) is 3.22. The summed E-state index contributed by atoms with van der Waals surface area (Å²) in [7, 11) is 0. The van der Waals surface area contributed by atoms with Gasteiger partial charge in [-0.1, -0.05) is 12.1 Å². The molecule has 1 aliphatic heterocycles. The summed E-state index contributed by atoms with van der Waals surface area (Å²) in [4.78, 5) is 35.1. The van der Waals surface area contributed by atoms with Gasteiger partial charge in [-0.05, 0) is 24.6 Å². The smallest absolute Gasteiger partial charge is 0.337 e. The molecule has 0 bridgehead atoms. The summed E-state index contributed by atoms with van der Waals surface area (Å²) in [5.74, 6) is -1.55. The predicted octanol–water partition coefficient (Wildman–Crippen LogP) is 1.04. The zero-order chi connectivity index (χ0) is 17.5. The largest absolute Gasteiger partial charge is 0.463 e. The number of amides is 2. The molecular weight excluding hydrogens is 319 g/mol. The van der Waals surface area contributed by atoms with Gasteiger partial charge in [-0.2, -0.15) is 0 Å². The molecule has 128 valence electrons. The molecular formula is C16H17FN2O5. The maximum Gasteiger partial charge on any atom is 0.337 e. The Bertz CT molecular complexity index is 670. The zero-order valence-corrected chi connectivity index (χ0v) is 13.1. The van der Waals surface area contributed by atoms with Crippen molar-refractivity contribution in [2.45, 2.75) is 13.3 Å². The van der Waals surface area contributed by atoms with E-state index in [0.717, 1.165) is 0 Å². The summed E-state index contributed by atoms with van der Waals surface area (Å²) in [6.07, 6.45) is -0.0471. The van der Waals surface area contributed by atoms with E-state index >= 15 is 0 Å². The van der Waals surface area contributed by atoms with Crippen molar-refractivity contribution in [2.75, 3.05) is 19.8 Å². The van der Waals surface area contributed by atoms with Crippen LogP contribution in [0.15, 0.2) is 35.5 Å². The van der Waals surface area contributed by atoms with Crippen molar-refractivity contribution in [3.05, 3.63) is 46.9 Å². The van der Waals surface area contributed by atoms with Crippen LogP contribution in [-0.4, -0.2) is 37.7 Å². The van der Waals surface area contributed by atoms with Crippen molar-refractivity contribution in [1.29, 1.82) is 0 Å². The molecule has 2 amide bonds. The number of ether oxygens (including phenoxy) is 2. The number of rotatable bonds is 6. The fourth-order valence-electron chi connectivity index (χ4n) is 2.04. The molecule has 8 heteroatoms. The third-order valence-electron chi connectivity index (χ3n) is 3.22. The van der Waals surface area contributed by atoms with Gasteiger partial charge in [0.25, 0.3) is 0 Å². The summed E-state index contributed by atoms with van der Waals surface area (Å²) >= 11 is 0. The summed E-state index contributed by atoms with van der Waals surface area (Å²) in [6.45, 7) is 1.58. The zero-order valence-electron chi connectivity index (χ0n) is 13.1. The van der Waals surface area contributed by atoms with Crippen molar-refractivity contribution in [3.8, 4) is 0 Å². The van der Waals surface area contributed by atoms with E-state index in [1.165, 1.54) is 24.3 Å². The maximum absolute atomic E-state index is 12.8. The molecule has 1 heterocycles. The summed E-state index contributed by atoms with van der Waals surface area (Å²) in [5.41, 5.74) is 0.978. The molecule has 1 aromatic carbocycles. The number of halogens is 1. The average molecular weight is 336 g/mol. The van der Waals surface area contributed by atoms with Crippen LogP contribution in [0, 0.1) is 5.82 Å². The molecule has 0 spiro atoms. The second-order valence-electron chi connectivity index (χ2n) is 4.95. The van der Waals surface area contributed by atoms with E-state index in [-0.39, 0.29) is 37.4 Å². The van der Waals surface area contributed by atoms with Crippen LogP contribution in [0.3, 0.4) is 0 Å². The highest BCUT2D eigenvalue weighted by Crippen LogP contribution is 2.10. The minimum Gasteiger partial charge on any atom is -0.463 e. The normalized spacial score (nSPS) is 13.8. The number of hydrogen-bond acceptors (Lipinski definition) is 5. The van der Waals surface area contributed by atoms with Crippen LogP contribution in [-0.2, 0) is 25.5 Å². The molecule has 1 aromatic rings. The Morgan fingerprint density at radius 2 is 1.92 bits per heavy atom. The first-order valence-corrected chi connectivity index (χ1v) is 7.33. The minimum atomic E-state index is -0.588. The van der Waals surface area contributed by atoms with E-state index in [0.29, 0.717) is 5.56 Å². The molecule has 2 N–H and O–H groups in total. The highest BCUT2D eigenvalue weighted by atomic mass is 19.1. The minimum absolute atomic E-state index is 0.00445. The SMILES string of the molecule is CCOC(=O)C1=C(COC(=O)Cc2ccc(F)cc2)NC(=O)NC1. The first-order valence-electron chi connectivity index (χ1n) is 7.33. The second kappa shape index (κ2) is 8.09. The number of hydrogen-bond donors (Lipinski definition) is 2. The summed E-state index contributed by atoms with van der Waals surface area (Å²) in [6, 6.07) is 4.96. The lowest BCUT2D eigenvalue weighted by Gasteiger charge is -2.21. The van der Waals surface area contributed by atoms with Gasteiger partial charge in [0.15, 0.2) is 0 Å². The third kappa shape index (κ3) is 4.80. The standard InChI is InChI=1S/C16H17FN2O5/c1-2-23-15(21)12-8-18-16(22)19-13(12)9-24-14(20)7-10-3-5-11(17)6-4-10/h3-6H,2,7-9H2,1H3,(H2,18,19,22). The molecule has 0 aliphatic carbocycles. The van der Waals surface area contributed by atoms with Gasteiger partial charge in [-0.15, -0.1) is 0 Å². The van der Waals surface area contributed by atoms with Gasteiger partial charge in [0.2, 0.25) is 0 Å². The molecule has 0 unspecified atom stereocenters. The van der Waals surface area contributed by atoms with E-state index in [2.05, 4.69) is 10.6 Å². The predicted molar refractivity (Wildman–Crippen MR) is 81.3 cm³/mol. The van der Waals surface area contributed by atoms with Gasteiger partial charge in [-0.3, -0.25) is 4.79 Å². The van der Waals surface area contributed by atoms with Crippen molar-refractivity contribution >= 4 is 18.0 Å². The van der Waals surface area contributed by atoms with Crippen LogP contribution in [0.1, 0.15) is 12.5 Å². The Kier molecular flexibility index (Phi) is 5.89. The summed E-state index contributed by atoms with van der Waals surface area (Å²) < 4.78 is 22.8. The van der Waals surface area contributed by atoms with E-state index in [1.807, 2.05) is 0 Å². The van der Waals surface area contributed by atoms with Crippen LogP contribution in [0.2, 0.25) is 0 Å². The molecule has 1 aliphatic rings. The van der Waals surface area contributed by atoms with E-state index < -0.39 is 23.8 Å². The molecule has 0 aromatic heterocycles. The van der Waals surface area contributed by atoms with E-state index in [9.17, 15) is 18.8 Å². The number of urea groups is 1. The van der Waals surface area contributed by atoms with E-state index in [1.54, 1.807) is 6.92 Å². The van der Waals surface area contributed by atoms with Gasteiger partial charge in [-0.25, -0.2) is 14.0 Å². The van der Waals surface area contributed by atoms with Gasteiger partial charge >= 0.3 is 18.0 Å². The fraction of sp³-hybridized carbons (Fsp3) is 0.312. The van der Waals surface area contributed by atoms with Crippen LogP contribution in [0.5, 0.6) is 0 Å². The highest BCUT2D eigenvalue weighted by molar-refractivity contribution is 5.93. The fourth-order valence-corrected chi connectivity index (χ4v) is 2.04. The van der Waals surface area contributed by atoms with Crippen molar-refractivity contribution < 1.29 is 28.2 Å². The molecule has 0 saturated heterocycles. The average Bonchev–Trinajstić information content (AvgIpc) is 2.55. The van der Waals surface area contributed by atoms with Gasteiger partial charge in [0.05, 0.1) is 30.8 Å². The summed E-state index contributed by atoms with van der Waals surface area (Å²) in [5, 5.41) is 4.88. The highest BCUT2D eigenvalue weighted by Gasteiger charge is 2.24. The number of nitrogens with one attached hydrogen (secondary N) is 2. The Morgan fingerprint density at radius 1 is 1.21 bits per heavy atom. The van der Waals surface area contributed by atoms with Crippen LogP contribution >= 0.6 is 0 Å². The molecule has 0 saturated carbocycles. The number of benzene rings is 1. The lowest BCUT2D eigenvalue weighted by Crippen LogP contribution is -2.45. The first-order chi connectivity index (χ1) is 11.5. The molecule has 0 atom stereocenters. The molecule has 2 rings (SSSR count). The van der Waals surface area contributed by atoms with Crippen molar-refractivity contribution in [1.82, 2.24) is 10.6 Å². The topological polar surface area (TPSA) is 93.7 Å². The Morgan fingerprint density at radius 3 is 2.58 bits per heavy atom.